The van der Waals surface area contributed by atoms with Gasteiger partial charge in [0.1, 0.15) is 28.3 Å². The molecule has 16 aromatic rings. The smallest absolute Gasteiger partial charge is 0.258 e. The minimum atomic E-state index is -0.106. The van der Waals surface area contributed by atoms with E-state index in [1.165, 1.54) is 22.3 Å². The van der Waals surface area contributed by atoms with Crippen molar-refractivity contribution in [3.05, 3.63) is 281 Å². The van der Waals surface area contributed by atoms with Gasteiger partial charge in [-0.05, 0) is 226 Å². The van der Waals surface area contributed by atoms with Crippen molar-refractivity contribution >= 4 is 66.9 Å². The van der Waals surface area contributed by atoms with E-state index in [1.54, 1.807) is 57.3 Å². The average molecular weight is 1570 g/mol. The molecule has 0 saturated carbocycles. The molecule has 0 unspecified atom stereocenters. The molecular formula is C92H96N22O4. The molecule has 1 fully saturated rings. The summed E-state index contributed by atoms with van der Waals surface area (Å²) in [7, 11) is 1.90. The topological polar surface area (TPSA) is 255 Å². The number of likely N-dealkylation sites (N-methyl/N-ethyl adjacent to an activating group) is 1. The number of pyridine rings is 4. The van der Waals surface area contributed by atoms with Crippen LogP contribution >= 0.6 is 0 Å². The predicted molar refractivity (Wildman–Crippen MR) is 466 cm³/mol. The minimum Gasteiger partial charge on any atom is -0.320 e. The van der Waals surface area contributed by atoms with E-state index in [2.05, 4.69) is 114 Å². The molecule has 0 atom stereocenters. The number of nitrogens with one attached hydrogen (secondary N) is 1. The van der Waals surface area contributed by atoms with Crippen LogP contribution in [0.2, 0.25) is 0 Å². The number of fused-ring (bicyclic) bond motifs is 8. The number of imidazole rings is 1. The fraction of sp³-hybridized carbons (Fsp3) is 0.304. The third-order valence-corrected chi connectivity index (χ3v) is 23.2. The Hall–Kier alpha value is -12.9. The third-order valence-electron chi connectivity index (χ3n) is 23.2. The standard InChI is InChI=1S/C24H26N6O.C23H25N5O.C23H23N5O.C22H22N6O/c1-15(2)28-7-5-18(6-8-28)21-14-30-23(11-25-21)27-20(10-24(30)31)19-9-22-17(4)26-16(3)12-29(22)13-19;1-3-26-10-8-17(9-11-26)18-4-7-22-25-20(12-23(29)28(22)15-18)19-5-6-21-24-16(2)13-27(21)14-19;1-3-27-10-8-16(9-11-27)18-5-7-22-24-21(13-23(29)28(22)15-18)17-4-6-20-19(12-17)14-26(2)25-20;1-13-8-17(16-4-6-23-7-5-16)12-27-21(29)10-18(25-22(13)27)19-9-20-15(3)24-14(2)11-28(20)26-19/h5,9-15H,6-8H2,1-4H3;4-7,12-15,17H,3,8-11H2,1-2H3;4-8,12-15H,3,9-11H2,1-2H3;4,8-12,23H,5-7H2,1-3H3. The summed E-state index contributed by atoms with van der Waals surface area (Å²) >= 11 is 0. The van der Waals surface area contributed by atoms with Gasteiger partial charge in [-0.2, -0.15) is 10.2 Å². The van der Waals surface area contributed by atoms with Gasteiger partial charge in [0.2, 0.25) is 0 Å². The van der Waals surface area contributed by atoms with E-state index in [-0.39, 0.29) is 22.2 Å². The molecule has 15 aromatic heterocycles. The molecule has 0 bridgehead atoms. The molecule has 26 heteroatoms. The van der Waals surface area contributed by atoms with Gasteiger partial charge in [-0.1, -0.05) is 44.2 Å². The Morgan fingerprint density at radius 1 is 0.449 bits per heavy atom. The molecule has 1 N–H and O–H groups in total. The fourth-order valence-electron chi connectivity index (χ4n) is 16.6. The number of nitrogens with zero attached hydrogens (tertiary/aromatic N) is 21. The molecule has 118 heavy (non-hydrogen) atoms. The first-order valence-corrected chi connectivity index (χ1v) is 40.8. The third kappa shape index (κ3) is 16.1. The number of benzene rings is 1. The van der Waals surface area contributed by atoms with Gasteiger partial charge in [0.15, 0.2) is 5.65 Å². The Morgan fingerprint density at radius 2 is 1.07 bits per heavy atom. The summed E-state index contributed by atoms with van der Waals surface area (Å²) in [6, 6.07) is 31.0. The molecule has 26 nitrogen and oxygen atoms in total. The van der Waals surface area contributed by atoms with Crippen LogP contribution < -0.4 is 27.6 Å². The van der Waals surface area contributed by atoms with Crippen molar-refractivity contribution in [2.75, 3.05) is 65.4 Å². The lowest BCUT2D eigenvalue weighted by atomic mass is 9.90. The molecule has 0 radical (unpaired) electrons. The Morgan fingerprint density at radius 3 is 1.79 bits per heavy atom. The summed E-state index contributed by atoms with van der Waals surface area (Å²) in [5.41, 5.74) is 25.6. The number of aryl methyl sites for hydroxylation is 7. The first-order chi connectivity index (χ1) is 57.1. The van der Waals surface area contributed by atoms with Crippen LogP contribution in [0.5, 0.6) is 0 Å². The second-order valence-corrected chi connectivity index (χ2v) is 31.7. The lowest BCUT2D eigenvalue weighted by Crippen LogP contribution is -2.34. The molecular weight excluding hydrogens is 1480 g/mol. The maximum Gasteiger partial charge on any atom is 0.258 e. The van der Waals surface area contributed by atoms with Crippen LogP contribution in [0.15, 0.2) is 203 Å². The summed E-state index contributed by atoms with van der Waals surface area (Å²) in [6.45, 7) is 30.8. The number of rotatable bonds is 11. The fourth-order valence-corrected chi connectivity index (χ4v) is 16.6. The Kier molecular flexibility index (Phi) is 21.5. The van der Waals surface area contributed by atoms with Gasteiger partial charge < -0.3 is 19.0 Å². The van der Waals surface area contributed by atoms with Crippen LogP contribution in [-0.2, 0) is 7.05 Å². The molecule has 20 rings (SSSR count). The van der Waals surface area contributed by atoms with Crippen molar-refractivity contribution in [3.8, 4) is 45.2 Å². The highest BCUT2D eigenvalue weighted by atomic mass is 16.1. The van der Waals surface area contributed by atoms with Crippen LogP contribution in [0.4, 0.5) is 0 Å². The highest BCUT2D eigenvalue weighted by molar-refractivity contribution is 5.84. The van der Waals surface area contributed by atoms with Crippen molar-refractivity contribution < 1.29 is 0 Å². The van der Waals surface area contributed by atoms with Crippen LogP contribution in [0.25, 0.3) is 112 Å². The van der Waals surface area contributed by atoms with Gasteiger partial charge in [-0.25, -0.2) is 29.4 Å². The number of hydrogen-bond acceptors (Lipinski definition) is 18. The van der Waals surface area contributed by atoms with Crippen LogP contribution in [0, 0.1) is 41.5 Å². The quantitative estimate of drug-likeness (QED) is 0.126. The molecule has 0 amide bonds. The minimum absolute atomic E-state index is 0.0419. The van der Waals surface area contributed by atoms with Crippen LogP contribution in [0.1, 0.15) is 122 Å². The predicted octanol–water partition coefficient (Wildman–Crippen LogP) is 13.1. The maximum atomic E-state index is 12.9. The number of piperidine rings is 1. The zero-order valence-corrected chi connectivity index (χ0v) is 68.6. The lowest BCUT2D eigenvalue weighted by molar-refractivity contribution is 0.222. The molecule has 1 saturated heterocycles. The molecule has 1 aromatic carbocycles. The van der Waals surface area contributed by atoms with E-state index >= 15 is 0 Å². The monoisotopic (exact) mass is 1570 g/mol. The van der Waals surface area contributed by atoms with Crippen LogP contribution in [0.3, 0.4) is 0 Å². The SMILES string of the molecule is CCN1CC=C(c2ccc3nc(-c4ccc5nn(C)cc5c4)cc(=O)n3c2)CC1.CCN1CCC(c2ccc3nc(-c4ccc5nc(C)cn5c4)cc(=O)n3c2)CC1.Cc1cn2cc(-c3cc(=O)n4cc(C5=CCN(C(C)C)CC5)ncc4n3)cc2c(C)n1.Cc1cn2nc(-c3cc(=O)n4cc(C5=CCNCC5)cc(C)c4n3)cc2c(C)n1. The second kappa shape index (κ2) is 32.7. The number of hydrogen-bond donors (Lipinski definition) is 1. The van der Waals surface area contributed by atoms with Gasteiger partial charge in [0.05, 0.1) is 85.9 Å². The molecule has 4 aliphatic heterocycles. The maximum absolute atomic E-state index is 12.9. The highest BCUT2D eigenvalue weighted by Gasteiger charge is 2.24. The molecule has 19 heterocycles. The zero-order valence-electron chi connectivity index (χ0n) is 68.6. The summed E-state index contributed by atoms with van der Waals surface area (Å²) < 4.78 is 14.2. The van der Waals surface area contributed by atoms with Gasteiger partial charge in [0.25, 0.3) is 22.2 Å². The molecule has 4 aliphatic rings. The van der Waals surface area contributed by atoms with Gasteiger partial charge in [-0.3, -0.25) is 66.2 Å². The number of likely N-dealkylation sites (tertiary alicyclic amines) is 1. The van der Waals surface area contributed by atoms with Crippen molar-refractivity contribution in [2.24, 2.45) is 7.05 Å². The molecule has 0 spiro atoms. The van der Waals surface area contributed by atoms with E-state index in [1.807, 2.05) is 174 Å². The van der Waals surface area contributed by atoms with Crippen LogP contribution in [-0.4, -0.2) is 172 Å². The van der Waals surface area contributed by atoms with E-state index in [9.17, 15) is 19.2 Å². The Balaban J connectivity index is 0.000000113. The zero-order chi connectivity index (χ0) is 81.7. The van der Waals surface area contributed by atoms with Crippen molar-refractivity contribution in [1.29, 1.82) is 0 Å². The van der Waals surface area contributed by atoms with Crippen molar-refractivity contribution in [1.82, 2.24) is 106 Å². The van der Waals surface area contributed by atoms with E-state index in [0.29, 0.717) is 63.0 Å². The highest BCUT2D eigenvalue weighted by Crippen LogP contribution is 2.32. The van der Waals surface area contributed by atoms with E-state index < -0.39 is 0 Å². The first kappa shape index (κ1) is 77.7. The van der Waals surface area contributed by atoms with Gasteiger partial charge >= 0.3 is 0 Å². The summed E-state index contributed by atoms with van der Waals surface area (Å²) in [6.07, 6.45) is 32.9. The first-order valence-electron chi connectivity index (χ1n) is 40.8. The second-order valence-electron chi connectivity index (χ2n) is 31.7. The largest absolute Gasteiger partial charge is 0.320 e. The van der Waals surface area contributed by atoms with Crippen molar-refractivity contribution in [3.63, 3.8) is 0 Å². The molecule has 0 aliphatic carbocycles. The van der Waals surface area contributed by atoms with Crippen molar-refractivity contribution in [2.45, 2.75) is 113 Å². The van der Waals surface area contributed by atoms with E-state index in [4.69, 9.17) is 19.9 Å². The Labute approximate surface area is 681 Å². The molecule has 598 valence electrons. The normalized spacial score (nSPS) is 15.2. The lowest BCUT2D eigenvalue weighted by Gasteiger charge is -2.31. The number of aromatic nitrogens is 18. The van der Waals surface area contributed by atoms with Gasteiger partial charge in [-0.15, -0.1) is 0 Å². The van der Waals surface area contributed by atoms with E-state index in [0.717, 1.165) is 193 Å². The summed E-state index contributed by atoms with van der Waals surface area (Å²) in [5, 5.41) is 13.4. The summed E-state index contributed by atoms with van der Waals surface area (Å²) in [5.74, 6) is 0.515. The average Bonchev–Trinajstić information content (AvgIpc) is 1.00. The Bertz CT molecular complexity index is 6980. The van der Waals surface area contributed by atoms with Gasteiger partial charge in [0, 0.05) is 148 Å². The summed E-state index contributed by atoms with van der Waals surface area (Å²) in [4.78, 5) is 96.0.